The molecule has 0 radical (unpaired) electrons. The molecule has 0 spiro atoms. The number of rotatable bonds is 4. The Morgan fingerprint density at radius 1 is 1.31 bits per heavy atom. The Kier molecular flexibility index (Phi) is 5.79. The number of alkyl halides is 3. The second-order valence-corrected chi connectivity index (χ2v) is 3.11. The Labute approximate surface area is 90.8 Å². The van der Waals surface area contributed by atoms with Crippen molar-refractivity contribution >= 4 is 11.9 Å². The number of amides is 3. The van der Waals surface area contributed by atoms with Gasteiger partial charge in [-0.3, -0.25) is 10.1 Å². The van der Waals surface area contributed by atoms with E-state index < -0.39 is 30.6 Å². The summed E-state index contributed by atoms with van der Waals surface area (Å²) in [5.74, 6) is -0.679. The molecule has 0 aliphatic heterocycles. The van der Waals surface area contributed by atoms with Crippen LogP contribution in [0.15, 0.2) is 0 Å². The monoisotopic (exact) mass is 241 g/mol. The maximum absolute atomic E-state index is 11.8. The fraction of sp³-hybridized carbons (Fsp3) is 0.750. The smallest absolute Gasteiger partial charge is 0.341 e. The van der Waals surface area contributed by atoms with Crippen LogP contribution in [0, 0.1) is 0 Å². The predicted octanol–water partition coefficient (Wildman–Crippen LogP) is 0.372. The Balaban J connectivity index is 3.84. The van der Waals surface area contributed by atoms with Crippen LogP contribution < -0.4 is 16.0 Å². The topological polar surface area (TPSA) is 70.2 Å². The van der Waals surface area contributed by atoms with Crippen LogP contribution in [0.5, 0.6) is 0 Å². The molecule has 0 aliphatic carbocycles. The van der Waals surface area contributed by atoms with Crippen molar-refractivity contribution in [3.63, 3.8) is 0 Å². The fourth-order valence-corrected chi connectivity index (χ4v) is 0.806. The van der Waals surface area contributed by atoms with Crippen molar-refractivity contribution in [1.82, 2.24) is 16.0 Å². The minimum atomic E-state index is -4.26. The summed E-state index contributed by atoms with van der Waals surface area (Å²) in [5.41, 5.74) is 0. The van der Waals surface area contributed by atoms with E-state index in [-0.39, 0.29) is 6.54 Å². The lowest BCUT2D eigenvalue weighted by molar-refractivity contribution is -0.135. The third-order valence-corrected chi connectivity index (χ3v) is 1.72. The van der Waals surface area contributed by atoms with E-state index in [1.807, 2.05) is 5.32 Å². The second kappa shape index (κ2) is 6.31. The number of carbonyl (C=O) groups is 2. The average molecular weight is 241 g/mol. The van der Waals surface area contributed by atoms with Gasteiger partial charge in [-0.05, 0) is 6.92 Å². The van der Waals surface area contributed by atoms with Gasteiger partial charge in [0.25, 0.3) is 0 Å². The minimum Gasteiger partial charge on any atom is -0.341 e. The number of halogens is 3. The van der Waals surface area contributed by atoms with Gasteiger partial charge in [0, 0.05) is 13.6 Å². The number of carbonyl (C=O) groups excluding carboxylic acids is 2. The Bertz CT molecular complexity index is 255. The number of imide groups is 1. The van der Waals surface area contributed by atoms with E-state index in [1.54, 1.807) is 0 Å². The third-order valence-electron chi connectivity index (χ3n) is 1.72. The molecule has 0 aromatic carbocycles. The normalized spacial score (nSPS) is 13.1. The van der Waals surface area contributed by atoms with E-state index in [4.69, 9.17) is 0 Å². The molecule has 0 heterocycles. The van der Waals surface area contributed by atoms with Gasteiger partial charge in [-0.25, -0.2) is 4.79 Å². The molecule has 0 saturated carbocycles. The number of hydrogen-bond donors (Lipinski definition) is 3. The molecule has 3 amide bonds. The van der Waals surface area contributed by atoms with E-state index in [9.17, 15) is 22.8 Å². The molecule has 0 aliphatic rings. The van der Waals surface area contributed by atoms with Gasteiger partial charge in [0.05, 0.1) is 12.5 Å². The summed E-state index contributed by atoms with van der Waals surface area (Å²) in [6, 6.07) is -1.56. The molecule has 1 unspecified atom stereocenters. The van der Waals surface area contributed by atoms with Crippen LogP contribution in [0.3, 0.4) is 0 Å². The van der Waals surface area contributed by atoms with Gasteiger partial charge in [0.15, 0.2) is 0 Å². The van der Waals surface area contributed by atoms with Crippen LogP contribution in [0.4, 0.5) is 18.0 Å². The molecular weight excluding hydrogens is 227 g/mol. The van der Waals surface area contributed by atoms with Gasteiger partial charge >= 0.3 is 12.2 Å². The number of urea groups is 1. The quantitative estimate of drug-likeness (QED) is 0.666. The molecule has 0 aromatic heterocycles. The summed E-state index contributed by atoms with van der Waals surface area (Å²) in [5, 5.41) is 6.45. The maximum atomic E-state index is 11.8. The van der Waals surface area contributed by atoms with Gasteiger partial charge in [-0.2, -0.15) is 13.2 Å². The molecule has 0 saturated heterocycles. The zero-order valence-corrected chi connectivity index (χ0v) is 8.94. The first-order valence-corrected chi connectivity index (χ1v) is 4.59. The van der Waals surface area contributed by atoms with E-state index in [2.05, 4.69) is 10.6 Å². The highest BCUT2D eigenvalue weighted by molar-refractivity contribution is 5.96. The molecule has 5 nitrogen and oxygen atoms in total. The first-order chi connectivity index (χ1) is 7.26. The molecule has 16 heavy (non-hydrogen) atoms. The lowest BCUT2D eigenvalue weighted by Gasteiger charge is -2.13. The summed E-state index contributed by atoms with van der Waals surface area (Å²) in [4.78, 5) is 21.9. The first-order valence-electron chi connectivity index (χ1n) is 4.59. The average Bonchev–Trinajstić information content (AvgIpc) is 2.15. The van der Waals surface area contributed by atoms with Crippen LogP contribution >= 0.6 is 0 Å². The molecule has 94 valence electrons. The zero-order chi connectivity index (χ0) is 12.8. The highest BCUT2D eigenvalue weighted by Crippen LogP contribution is 2.18. The third kappa shape index (κ3) is 7.04. The van der Waals surface area contributed by atoms with Gasteiger partial charge in [-0.15, -0.1) is 0 Å². The van der Waals surface area contributed by atoms with Crippen molar-refractivity contribution < 1.29 is 22.8 Å². The van der Waals surface area contributed by atoms with Crippen LogP contribution in [-0.2, 0) is 4.79 Å². The standard InChI is InChI=1S/C8H14F3N3O2/c1-5(6(15)14-7(16)12-2)13-4-3-8(9,10)11/h5,13H,3-4H2,1-2H3,(H2,12,14,15,16). The van der Waals surface area contributed by atoms with Crippen molar-refractivity contribution in [2.75, 3.05) is 13.6 Å². The van der Waals surface area contributed by atoms with Crippen molar-refractivity contribution in [3.8, 4) is 0 Å². The molecule has 0 fully saturated rings. The van der Waals surface area contributed by atoms with Crippen LogP contribution in [0.1, 0.15) is 13.3 Å². The first kappa shape index (κ1) is 14.7. The molecule has 0 rings (SSSR count). The summed E-state index contributed by atoms with van der Waals surface area (Å²) in [7, 11) is 1.32. The van der Waals surface area contributed by atoms with Gasteiger partial charge < -0.3 is 10.6 Å². The zero-order valence-electron chi connectivity index (χ0n) is 8.94. The minimum absolute atomic E-state index is 0.369. The highest BCUT2D eigenvalue weighted by Gasteiger charge is 2.27. The molecule has 0 bridgehead atoms. The number of nitrogens with one attached hydrogen (secondary N) is 3. The van der Waals surface area contributed by atoms with E-state index in [1.165, 1.54) is 14.0 Å². The number of hydrogen-bond acceptors (Lipinski definition) is 3. The molecule has 1 atom stereocenters. The van der Waals surface area contributed by atoms with Crippen molar-refractivity contribution in [3.05, 3.63) is 0 Å². The van der Waals surface area contributed by atoms with Gasteiger partial charge in [-0.1, -0.05) is 0 Å². The molecule has 8 heteroatoms. The predicted molar refractivity (Wildman–Crippen MR) is 50.7 cm³/mol. The molecular formula is C8H14F3N3O2. The Morgan fingerprint density at radius 3 is 2.31 bits per heavy atom. The summed E-state index contributed by atoms with van der Waals surface area (Å²) >= 11 is 0. The highest BCUT2D eigenvalue weighted by atomic mass is 19.4. The Hall–Kier alpha value is -1.31. The SMILES string of the molecule is CNC(=O)NC(=O)C(C)NCCC(F)(F)F. The van der Waals surface area contributed by atoms with Crippen LogP contribution in [-0.4, -0.2) is 37.7 Å². The maximum Gasteiger partial charge on any atom is 0.390 e. The van der Waals surface area contributed by atoms with E-state index >= 15 is 0 Å². The Morgan fingerprint density at radius 2 is 1.88 bits per heavy atom. The van der Waals surface area contributed by atoms with E-state index in [0.29, 0.717) is 0 Å². The van der Waals surface area contributed by atoms with Gasteiger partial charge in [0.1, 0.15) is 0 Å². The lowest BCUT2D eigenvalue weighted by atomic mass is 10.3. The van der Waals surface area contributed by atoms with Crippen molar-refractivity contribution in [2.24, 2.45) is 0 Å². The fourth-order valence-electron chi connectivity index (χ4n) is 0.806. The molecule has 3 N–H and O–H groups in total. The lowest BCUT2D eigenvalue weighted by Crippen LogP contribution is -2.47. The summed E-state index contributed by atoms with van der Waals surface area (Å²) < 4.78 is 35.3. The van der Waals surface area contributed by atoms with E-state index in [0.717, 1.165) is 0 Å². The van der Waals surface area contributed by atoms with Crippen LogP contribution in [0.2, 0.25) is 0 Å². The second-order valence-electron chi connectivity index (χ2n) is 3.11. The van der Waals surface area contributed by atoms with Crippen molar-refractivity contribution in [1.29, 1.82) is 0 Å². The largest absolute Gasteiger partial charge is 0.390 e. The van der Waals surface area contributed by atoms with Gasteiger partial charge in [0.2, 0.25) is 5.91 Å². The molecule has 0 aromatic rings. The summed E-state index contributed by atoms with van der Waals surface area (Å²) in [6.07, 6.45) is -5.28. The summed E-state index contributed by atoms with van der Waals surface area (Å²) in [6.45, 7) is 1.00. The van der Waals surface area contributed by atoms with Crippen molar-refractivity contribution in [2.45, 2.75) is 25.6 Å². The van der Waals surface area contributed by atoms with Crippen LogP contribution in [0.25, 0.3) is 0 Å².